The molecule has 0 saturated carbocycles. The molecule has 0 aromatic heterocycles. The van der Waals surface area contributed by atoms with Crippen LogP contribution in [0.5, 0.6) is 0 Å². The number of rotatable bonds is 5. The highest BCUT2D eigenvalue weighted by molar-refractivity contribution is 8.13. The van der Waals surface area contributed by atoms with E-state index in [-0.39, 0.29) is 11.0 Å². The molecular weight excluding hydrogens is 232 g/mol. The highest BCUT2D eigenvalue weighted by Gasteiger charge is 1.96. The molecule has 3 nitrogen and oxygen atoms in total. The molecule has 0 heterocycles. The summed E-state index contributed by atoms with van der Waals surface area (Å²) in [6, 6.07) is 7.52. The molecule has 0 amide bonds. The Morgan fingerprint density at radius 2 is 2.29 bits per heavy atom. The Bertz CT molecular complexity index is 441. The molecular formula is C13H16N2OS. The fourth-order valence-corrected chi connectivity index (χ4v) is 1.84. The average Bonchev–Trinajstić information content (AvgIpc) is 2.28. The molecule has 1 rings (SSSR count). The Labute approximate surface area is 106 Å². The molecule has 1 aromatic carbocycles. The van der Waals surface area contributed by atoms with Crippen LogP contribution in [0.4, 0.5) is 0 Å². The summed E-state index contributed by atoms with van der Waals surface area (Å²) >= 11 is 1.33. The molecule has 0 spiro atoms. The standard InChI is InChI=1S/C13H16N2OS/c1-10(16)17-8-3-2-5-11-6-4-7-12(9-11)13(14)15/h2,4-7,9H,3,8H2,1H3,(H3,14,15). The fraction of sp³-hybridized carbons (Fsp3) is 0.231. The van der Waals surface area contributed by atoms with Crippen LogP contribution < -0.4 is 5.73 Å². The Morgan fingerprint density at radius 3 is 2.94 bits per heavy atom. The van der Waals surface area contributed by atoms with Crippen LogP contribution in [0.15, 0.2) is 30.3 Å². The van der Waals surface area contributed by atoms with Gasteiger partial charge in [-0.15, -0.1) is 0 Å². The van der Waals surface area contributed by atoms with Crippen LogP contribution in [-0.2, 0) is 4.79 Å². The van der Waals surface area contributed by atoms with Gasteiger partial charge in [-0.1, -0.05) is 42.1 Å². The predicted molar refractivity (Wildman–Crippen MR) is 74.2 cm³/mol. The lowest BCUT2D eigenvalue weighted by Gasteiger charge is -1.99. The van der Waals surface area contributed by atoms with Crippen molar-refractivity contribution in [1.82, 2.24) is 0 Å². The van der Waals surface area contributed by atoms with Gasteiger partial charge in [-0.2, -0.15) is 0 Å². The molecule has 0 bridgehead atoms. The largest absolute Gasteiger partial charge is 0.384 e. The summed E-state index contributed by atoms with van der Waals surface area (Å²) in [5.41, 5.74) is 7.16. The lowest BCUT2D eigenvalue weighted by Crippen LogP contribution is -2.10. The zero-order chi connectivity index (χ0) is 12.7. The van der Waals surface area contributed by atoms with E-state index in [1.165, 1.54) is 11.8 Å². The number of nitrogens with one attached hydrogen (secondary N) is 1. The number of hydrogen-bond acceptors (Lipinski definition) is 3. The van der Waals surface area contributed by atoms with Gasteiger partial charge in [0.1, 0.15) is 5.84 Å². The van der Waals surface area contributed by atoms with E-state index in [0.29, 0.717) is 0 Å². The molecule has 0 aliphatic rings. The molecule has 4 heteroatoms. The Balaban J connectivity index is 2.50. The Hall–Kier alpha value is -1.55. The molecule has 1 aromatic rings. The second-order valence-electron chi connectivity index (χ2n) is 3.57. The van der Waals surface area contributed by atoms with Gasteiger partial charge in [-0.3, -0.25) is 10.2 Å². The minimum Gasteiger partial charge on any atom is -0.384 e. The minimum atomic E-state index is 0.0763. The normalized spacial score (nSPS) is 10.6. The number of carbonyl (C=O) groups is 1. The smallest absolute Gasteiger partial charge is 0.185 e. The first kappa shape index (κ1) is 13.5. The molecule has 3 N–H and O–H groups in total. The van der Waals surface area contributed by atoms with E-state index in [0.717, 1.165) is 23.3 Å². The number of allylic oxidation sites excluding steroid dienone is 1. The molecule has 0 aliphatic carbocycles. The molecule has 0 saturated heterocycles. The maximum atomic E-state index is 10.7. The molecule has 0 fully saturated rings. The molecule has 0 unspecified atom stereocenters. The van der Waals surface area contributed by atoms with E-state index < -0.39 is 0 Å². The number of nitrogens with two attached hydrogens (primary N) is 1. The van der Waals surface area contributed by atoms with E-state index in [9.17, 15) is 4.79 Å². The monoisotopic (exact) mass is 248 g/mol. The van der Waals surface area contributed by atoms with E-state index in [1.54, 1.807) is 6.92 Å². The van der Waals surface area contributed by atoms with Gasteiger partial charge in [-0.05, 0) is 18.1 Å². The van der Waals surface area contributed by atoms with Gasteiger partial charge >= 0.3 is 0 Å². The first-order valence-electron chi connectivity index (χ1n) is 5.34. The van der Waals surface area contributed by atoms with Crippen LogP contribution >= 0.6 is 11.8 Å². The third-order valence-electron chi connectivity index (χ3n) is 2.10. The number of benzene rings is 1. The van der Waals surface area contributed by atoms with Gasteiger partial charge in [0.05, 0.1) is 0 Å². The second kappa shape index (κ2) is 6.91. The maximum absolute atomic E-state index is 10.7. The quantitative estimate of drug-likeness (QED) is 0.478. The number of nitrogen functional groups attached to an aromatic ring is 1. The van der Waals surface area contributed by atoms with Gasteiger partial charge in [0.2, 0.25) is 0 Å². The van der Waals surface area contributed by atoms with Crippen molar-refractivity contribution in [2.24, 2.45) is 5.73 Å². The van der Waals surface area contributed by atoms with Crippen LogP contribution in [0.3, 0.4) is 0 Å². The minimum absolute atomic E-state index is 0.0763. The predicted octanol–water partition coefficient (Wildman–Crippen LogP) is 2.65. The van der Waals surface area contributed by atoms with Crippen molar-refractivity contribution in [2.45, 2.75) is 13.3 Å². The van der Waals surface area contributed by atoms with Crippen LogP contribution in [0.1, 0.15) is 24.5 Å². The van der Waals surface area contributed by atoms with Crippen molar-refractivity contribution < 1.29 is 4.79 Å². The van der Waals surface area contributed by atoms with Crippen LogP contribution in [-0.4, -0.2) is 16.7 Å². The summed E-state index contributed by atoms with van der Waals surface area (Å²) in [6.07, 6.45) is 4.86. The number of carbonyl (C=O) groups excluding carboxylic acids is 1. The lowest BCUT2D eigenvalue weighted by atomic mass is 10.1. The van der Waals surface area contributed by atoms with E-state index in [2.05, 4.69) is 0 Å². The van der Waals surface area contributed by atoms with Crippen molar-refractivity contribution in [3.05, 3.63) is 41.5 Å². The number of thioether (sulfide) groups is 1. The molecule has 90 valence electrons. The van der Waals surface area contributed by atoms with Gasteiger partial charge in [0, 0.05) is 18.2 Å². The zero-order valence-electron chi connectivity index (χ0n) is 9.77. The third kappa shape index (κ3) is 5.36. The van der Waals surface area contributed by atoms with Crippen molar-refractivity contribution in [2.75, 3.05) is 5.75 Å². The average molecular weight is 248 g/mol. The van der Waals surface area contributed by atoms with Crippen molar-refractivity contribution in [1.29, 1.82) is 5.41 Å². The number of amidine groups is 1. The van der Waals surface area contributed by atoms with Gasteiger partial charge in [0.25, 0.3) is 0 Å². The molecule has 0 radical (unpaired) electrons. The lowest BCUT2D eigenvalue weighted by molar-refractivity contribution is -0.109. The highest BCUT2D eigenvalue weighted by atomic mass is 32.2. The zero-order valence-corrected chi connectivity index (χ0v) is 10.6. The van der Waals surface area contributed by atoms with Gasteiger partial charge < -0.3 is 5.73 Å². The summed E-state index contributed by atoms with van der Waals surface area (Å²) < 4.78 is 0. The highest BCUT2D eigenvalue weighted by Crippen LogP contribution is 2.09. The van der Waals surface area contributed by atoms with E-state index >= 15 is 0 Å². The Kier molecular flexibility index (Phi) is 5.49. The SMILES string of the molecule is CC(=O)SCCC=Cc1cccc(C(=N)N)c1. The van der Waals surface area contributed by atoms with Crippen molar-refractivity contribution >= 4 is 28.8 Å². The summed E-state index contributed by atoms with van der Waals surface area (Å²) in [7, 11) is 0. The third-order valence-corrected chi connectivity index (χ3v) is 2.94. The number of hydrogen-bond donors (Lipinski definition) is 2. The van der Waals surface area contributed by atoms with Crippen LogP contribution in [0.25, 0.3) is 6.08 Å². The van der Waals surface area contributed by atoms with E-state index in [1.807, 2.05) is 36.4 Å². The molecule has 17 heavy (non-hydrogen) atoms. The topological polar surface area (TPSA) is 66.9 Å². The first-order chi connectivity index (χ1) is 8.09. The van der Waals surface area contributed by atoms with Crippen LogP contribution in [0.2, 0.25) is 0 Å². The summed E-state index contributed by atoms with van der Waals surface area (Å²) in [5, 5.41) is 7.49. The van der Waals surface area contributed by atoms with Gasteiger partial charge in [0.15, 0.2) is 5.12 Å². The maximum Gasteiger partial charge on any atom is 0.185 e. The molecule has 0 atom stereocenters. The summed E-state index contributed by atoms with van der Waals surface area (Å²) in [6.45, 7) is 1.57. The fourth-order valence-electron chi connectivity index (χ4n) is 1.30. The van der Waals surface area contributed by atoms with Crippen molar-refractivity contribution in [3.63, 3.8) is 0 Å². The summed E-state index contributed by atoms with van der Waals surface area (Å²) in [5.74, 6) is 0.880. The second-order valence-corrected chi connectivity index (χ2v) is 4.84. The summed E-state index contributed by atoms with van der Waals surface area (Å²) in [4.78, 5) is 10.7. The van der Waals surface area contributed by atoms with Crippen molar-refractivity contribution in [3.8, 4) is 0 Å². The van der Waals surface area contributed by atoms with Gasteiger partial charge in [-0.25, -0.2) is 0 Å². The first-order valence-corrected chi connectivity index (χ1v) is 6.32. The Morgan fingerprint density at radius 1 is 1.53 bits per heavy atom. The molecule has 0 aliphatic heterocycles. The van der Waals surface area contributed by atoms with Crippen LogP contribution in [0, 0.1) is 5.41 Å². The van der Waals surface area contributed by atoms with E-state index in [4.69, 9.17) is 11.1 Å².